The first-order valence-electron chi connectivity index (χ1n) is 11.8. The molecule has 2 aromatic rings. The number of carbonyl (C=O) groups excluding carboxylic acids is 1. The van der Waals surface area contributed by atoms with Crippen LogP contribution in [0.4, 0.5) is 4.79 Å². The second-order valence-electron chi connectivity index (χ2n) is 10.2. The summed E-state index contributed by atoms with van der Waals surface area (Å²) in [6, 6.07) is 6.46. The fraction of sp³-hybridized carbons (Fsp3) is 0.577. The van der Waals surface area contributed by atoms with Gasteiger partial charge in [0.2, 0.25) is 0 Å². The van der Waals surface area contributed by atoms with Crippen molar-refractivity contribution in [3.05, 3.63) is 58.1 Å². The van der Waals surface area contributed by atoms with E-state index in [1.54, 1.807) is 6.20 Å². The van der Waals surface area contributed by atoms with Crippen molar-refractivity contribution >= 4 is 17.7 Å². The van der Waals surface area contributed by atoms with E-state index in [4.69, 9.17) is 21.3 Å². The summed E-state index contributed by atoms with van der Waals surface area (Å²) < 4.78 is 5.57. The van der Waals surface area contributed by atoms with Crippen molar-refractivity contribution in [1.82, 2.24) is 19.8 Å². The lowest BCUT2D eigenvalue weighted by Crippen LogP contribution is -2.47. The van der Waals surface area contributed by atoms with Crippen LogP contribution >= 0.6 is 11.6 Å². The molecule has 0 aliphatic carbocycles. The molecule has 6 nitrogen and oxygen atoms in total. The van der Waals surface area contributed by atoms with Gasteiger partial charge in [0.05, 0.1) is 16.4 Å². The van der Waals surface area contributed by atoms with Crippen LogP contribution in [0.25, 0.3) is 0 Å². The molecule has 3 rings (SSSR count). The Balaban J connectivity index is 1.78. The monoisotopic (exact) mass is 472 g/mol. The minimum atomic E-state index is -0.482. The summed E-state index contributed by atoms with van der Waals surface area (Å²) in [5.74, 6) is 0.403. The van der Waals surface area contributed by atoms with E-state index in [9.17, 15) is 4.79 Å². The third-order valence-electron chi connectivity index (χ3n) is 6.04. The molecule has 3 heterocycles. The third-order valence-corrected chi connectivity index (χ3v) is 6.25. The smallest absolute Gasteiger partial charge is 0.410 e. The van der Waals surface area contributed by atoms with Crippen LogP contribution in [0.2, 0.25) is 5.02 Å². The highest BCUT2D eigenvalue weighted by molar-refractivity contribution is 6.30. The average Bonchev–Trinajstić information content (AvgIpc) is 2.74. The van der Waals surface area contributed by atoms with E-state index in [0.29, 0.717) is 36.6 Å². The van der Waals surface area contributed by atoms with E-state index in [1.165, 1.54) is 5.56 Å². The summed E-state index contributed by atoms with van der Waals surface area (Å²) >= 11 is 6.14. The number of carbonyl (C=O) groups is 1. The minimum absolute atomic E-state index is 0.227. The second kappa shape index (κ2) is 10.8. The molecule has 0 saturated carbocycles. The number of nitrogens with zero attached hydrogens (tertiary/aromatic N) is 4. The summed E-state index contributed by atoms with van der Waals surface area (Å²) in [6.45, 7) is 15.0. The Kier molecular flexibility index (Phi) is 8.35. The number of halogens is 1. The largest absolute Gasteiger partial charge is 0.444 e. The first-order valence-corrected chi connectivity index (χ1v) is 12.2. The number of amides is 1. The van der Waals surface area contributed by atoms with Gasteiger partial charge in [-0.05, 0) is 69.7 Å². The van der Waals surface area contributed by atoms with Crippen LogP contribution in [0.5, 0.6) is 0 Å². The zero-order valence-electron chi connectivity index (χ0n) is 20.8. The predicted octanol–water partition coefficient (Wildman–Crippen LogP) is 5.96. The maximum Gasteiger partial charge on any atom is 0.410 e. The van der Waals surface area contributed by atoms with Crippen LogP contribution in [0, 0.1) is 6.92 Å². The van der Waals surface area contributed by atoms with Gasteiger partial charge in [-0.2, -0.15) is 0 Å². The molecule has 0 aromatic carbocycles. The van der Waals surface area contributed by atoms with Crippen LogP contribution in [0.3, 0.4) is 0 Å². The van der Waals surface area contributed by atoms with E-state index in [1.807, 2.05) is 44.0 Å². The van der Waals surface area contributed by atoms with E-state index in [-0.39, 0.29) is 6.09 Å². The average molecular weight is 473 g/mol. The molecule has 2 aromatic heterocycles. The molecule has 180 valence electrons. The van der Waals surface area contributed by atoms with Gasteiger partial charge in [-0.1, -0.05) is 31.5 Å². The first kappa shape index (κ1) is 25.4. The number of hydrogen-bond donors (Lipinski definition) is 0. The molecular weight excluding hydrogens is 436 g/mol. The predicted molar refractivity (Wildman–Crippen MR) is 132 cm³/mol. The molecule has 0 radical (unpaired) electrons. The molecule has 33 heavy (non-hydrogen) atoms. The summed E-state index contributed by atoms with van der Waals surface area (Å²) in [6.07, 6.45) is 5.13. The number of ether oxygens (including phenoxy) is 1. The Hall–Kier alpha value is -2.18. The number of hydrogen-bond acceptors (Lipinski definition) is 5. The zero-order valence-corrected chi connectivity index (χ0v) is 21.5. The number of piperidine rings is 1. The maximum atomic E-state index is 12.5. The molecule has 1 fully saturated rings. The maximum absolute atomic E-state index is 12.5. The number of pyridine rings is 2. The Bertz CT molecular complexity index is 950. The quantitative estimate of drug-likeness (QED) is 0.518. The Morgan fingerprint density at radius 3 is 2.48 bits per heavy atom. The van der Waals surface area contributed by atoms with Crippen molar-refractivity contribution in [2.24, 2.45) is 0 Å². The third kappa shape index (κ3) is 7.15. The van der Waals surface area contributed by atoms with Gasteiger partial charge in [0.1, 0.15) is 5.60 Å². The molecule has 1 amide bonds. The molecule has 1 aliphatic heterocycles. The number of aryl methyl sites for hydroxylation is 1. The normalized spacial score (nSPS) is 15.4. The molecule has 0 atom stereocenters. The summed E-state index contributed by atoms with van der Waals surface area (Å²) in [5.41, 5.74) is 4.01. The molecule has 1 aliphatic rings. The highest BCUT2D eigenvalue weighted by Gasteiger charge is 2.30. The van der Waals surface area contributed by atoms with Crippen molar-refractivity contribution in [3.8, 4) is 0 Å². The van der Waals surface area contributed by atoms with E-state index in [0.717, 1.165) is 36.3 Å². The van der Waals surface area contributed by atoms with Crippen molar-refractivity contribution in [2.75, 3.05) is 13.1 Å². The van der Waals surface area contributed by atoms with Gasteiger partial charge in [0, 0.05) is 44.6 Å². The molecule has 0 bridgehead atoms. The fourth-order valence-electron chi connectivity index (χ4n) is 4.28. The standard InChI is InChI=1S/C26H37ClN4O2/c1-18(2)22-8-7-11-28-24(22)17-31(16-23-19(3)14-20(27)15-29-23)21-9-12-30(13-10-21)25(32)33-26(4,5)6/h7-8,11,14-15,18,21H,9-10,12-13,16-17H2,1-6H3. The number of rotatable bonds is 6. The van der Waals surface area contributed by atoms with Crippen LogP contribution in [-0.4, -0.2) is 50.6 Å². The van der Waals surface area contributed by atoms with Crippen LogP contribution in [-0.2, 0) is 17.8 Å². The van der Waals surface area contributed by atoms with Crippen molar-refractivity contribution in [2.45, 2.75) is 85.0 Å². The van der Waals surface area contributed by atoms with Crippen molar-refractivity contribution in [3.63, 3.8) is 0 Å². The molecular formula is C26H37ClN4O2. The fourth-order valence-corrected chi connectivity index (χ4v) is 4.49. The van der Waals surface area contributed by atoms with Crippen molar-refractivity contribution in [1.29, 1.82) is 0 Å². The van der Waals surface area contributed by atoms with Gasteiger partial charge in [-0.3, -0.25) is 14.9 Å². The topological polar surface area (TPSA) is 58.6 Å². The Morgan fingerprint density at radius 2 is 1.88 bits per heavy atom. The van der Waals surface area contributed by atoms with Gasteiger partial charge in [-0.25, -0.2) is 4.79 Å². The van der Waals surface area contributed by atoms with Gasteiger partial charge in [0.15, 0.2) is 0 Å². The van der Waals surface area contributed by atoms with Gasteiger partial charge in [-0.15, -0.1) is 0 Å². The lowest BCUT2D eigenvalue weighted by molar-refractivity contribution is 0.0128. The van der Waals surface area contributed by atoms with Crippen LogP contribution in [0.15, 0.2) is 30.6 Å². The van der Waals surface area contributed by atoms with Gasteiger partial charge in [0.25, 0.3) is 0 Å². The van der Waals surface area contributed by atoms with E-state index in [2.05, 4.69) is 36.7 Å². The van der Waals surface area contributed by atoms with Crippen LogP contribution < -0.4 is 0 Å². The highest BCUT2D eigenvalue weighted by atomic mass is 35.5. The minimum Gasteiger partial charge on any atom is -0.444 e. The lowest BCUT2D eigenvalue weighted by Gasteiger charge is -2.39. The highest BCUT2D eigenvalue weighted by Crippen LogP contribution is 2.26. The van der Waals surface area contributed by atoms with E-state index >= 15 is 0 Å². The SMILES string of the molecule is Cc1cc(Cl)cnc1CN(Cc1ncccc1C(C)C)C1CCN(C(=O)OC(C)(C)C)CC1. The van der Waals surface area contributed by atoms with E-state index < -0.39 is 5.60 Å². The Morgan fingerprint density at radius 1 is 1.21 bits per heavy atom. The molecule has 0 spiro atoms. The number of aromatic nitrogens is 2. The molecule has 0 N–H and O–H groups in total. The lowest BCUT2D eigenvalue weighted by atomic mass is 9.98. The van der Waals surface area contributed by atoms with Crippen molar-refractivity contribution < 1.29 is 9.53 Å². The first-order chi connectivity index (χ1) is 15.5. The molecule has 1 saturated heterocycles. The Labute approximate surface area is 203 Å². The summed E-state index contributed by atoms with van der Waals surface area (Å²) in [4.78, 5) is 26.2. The molecule has 7 heteroatoms. The molecule has 0 unspecified atom stereocenters. The van der Waals surface area contributed by atoms with Gasteiger partial charge >= 0.3 is 6.09 Å². The number of likely N-dealkylation sites (tertiary alicyclic amines) is 1. The van der Waals surface area contributed by atoms with Gasteiger partial charge < -0.3 is 9.64 Å². The zero-order chi connectivity index (χ0) is 24.2. The summed E-state index contributed by atoms with van der Waals surface area (Å²) in [7, 11) is 0. The van der Waals surface area contributed by atoms with Crippen LogP contribution in [0.1, 0.15) is 75.9 Å². The summed E-state index contributed by atoms with van der Waals surface area (Å²) in [5, 5.41) is 0.653. The second-order valence-corrected chi connectivity index (χ2v) is 10.7.